The van der Waals surface area contributed by atoms with Crippen LogP contribution in [0.1, 0.15) is 15.4 Å². The van der Waals surface area contributed by atoms with E-state index in [0.29, 0.717) is 23.7 Å². The first kappa shape index (κ1) is 19.1. The zero-order valence-electron chi connectivity index (χ0n) is 14.6. The molecule has 0 aliphatic heterocycles. The lowest BCUT2D eigenvalue weighted by Gasteiger charge is -2.08. The van der Waals surface area contributed by atoms with Crippen molar-refractivity contribution >= 4 is 34.6 Å². The fourth-order valence-corrected chi connectivity index (χ4v) is 3.89. The fourth-order valence-electron chi connectivity index (χ4n) is 2.22. The number of rotatable bonds is 8. The van der Waals surface area contributed by atoms with Crippen molar-refractivity contribution in [3.8, 4) is 16.3 Å². The Balaban J connectivity index is 1.41. The first-order valence-electron chi connectivity index (χ1n) is 8.25. The Hall–Kier alpha value is -2.71. The summed E-state index contributed by atoms with van der Waals surface area (Å²) in [5.74, 6) is -0.178. The highest BCUT2D eigenvalue weighted by molar-refractivity contribution is 7.17. The highest BCUT2D eigenvalue weighted by Crippen LogP contribution is 2.29. The molecule has 1 amide bonds. The number of hydrogen-bond acceptors (Lipinski definition) is 7. The van der Waals surface area contributed by atoms with Gasteiger partial charge in [-0.1, -0.05) is 18.2 Å². The number of carbonyl (C=O) groups excluding carboxylic acids is 2. The number of amides is 1. The van der Waals surface area contributed by atoms with Crippen LogP contribution in [0.5, 0.6) is 5.75 Å². The van der Waals surface area contributed by atoms with Gasteiger partial charge in [0.25, 0.3) is 5.91 Å². The first-order chi connectivity index (χ1) is 13.1. The summed E-state index contributed by atoms with van der Waals surface area (Å²) in [6, 6.07) is 11.3. The second-order valence-electron chi connectivity index (χ2n) is 5.53. The third-order valence-corrected chi connectivity index (χ3v) is 5.39. The molecule has 8 heteroatoms. The summed E-state index contributed by atoms with van der Waals surface area (Å²) in [5, 5.41) is 7.34. The normalized spacial score (nSPS) is 10.4. The third-order valence-electron chi connectivity index (χ3n) is 3.52. The van der Waals surface area contributed by atoms with Gasteiger partial charge in [0.15, 0.2) is 6.61 Å². The van der Waals surface area contributed by atoms with E-state index >= 15 is 0 Å². The minimum Gasteiger partial charge on any atom is -0.492 e. The number of carbonyl (C=O) groups is 2. The van der Waals surface area contributed by atoms with Crippen LogP contribution in [0, 0.1) is 6.92 Å². The molecule has 0 atom stereocenters. The molecule has 3 aromatic rings. The first-order valence-corrected chi connectivity index (χ1v) is 10.0. The zero-order valence-corrected chi connectivity index (χ0v) is 16.3. The molecule has 6 nitrogen and oxygen atoms in total. The average molecular weight is 402 g/mol. The number of nitrogens with zero attached hydrogens (tertiary/aromatic N) is 1. The van der Waals surface area contributed by atoms with Crippen molar-refractivity contribution in [2.45, 2.75) is 6.92 Å². The number of hydrogen-bond donors (Lipinski definition) is 1. The molecule has 0 radical (unpaired) electrons. The van der Waals surface area contributed by atoms with Crippen LogP contribution in [0.4, 0.5) is 0 Å². The van der Waals surface area contributed by atoms with Gasteiger partial charge in [-0.2, -0.15) is 11.3 Å². The van der Waals surface area contributed by atoms with E-state index in [0.717, 1.165) is 16.3 Å². The Morgan fingerprint density at radius 3 is 2.74 bits per heavy atom. The van der Waals surface area contributed by atoms with E-state index in [1.54, 1.807) is 18.3 Å². The van der Waals surface area contributed by atoms with Gasteiger partial charge in [-0.3, -0.25) is 4.79 Å². The molecule has 1 aromatic carbocycles. The summed E-state index contributed by atoms with van der Waals surface area (Å²) >= 11 is 2.83. The van der Waals surface area contributed by atoms with E-state index in [1.165, 1.54) is 11.3 Å². The number of esters is 1. The number of para-hydroxylation sites is 1. The molecule has 0 aliphatic rings. The maximum Gasteiger partial charge on any atom is 0.350 e. The van der Waals surface area contributed by atoms with Gasteiger partial charge in [0.1, 0.15) is 22.2 Å². The monoisotopic (exact) mass is 402 g/mol. The smallest absolute Gasteiger partial charge is 0.350 e. The van der Waals surface area contributed by atoms with Crippen molar-refractivity contribution in [3.63, 3.8) is 0 Å². The number of ether oxygens (including phenoxy) is 2. The molecular weight excluding hydrogens is 384 g/mol. The Labute approximate surface area is 164 Å². The van der Waals surface area contributed by atoms with Crippen molar-refractivity contribution in [3.05, 3.63) is 57.7 Å². The Kier molecular flexibility index (Phi) is 6.56. The predicted molar refractivity (Wildman–Crippen MR) is 105 cm³/mol. The van der Waals surface area contributed by atoms with Crippen LogP contribution in [0.2, 0.25) is 0 Å². The van der Waals surface area contributed by atoms with Gasteiger partial charge in [0.2, 0.25) is 0 Å². The second-order valence-corrected chi connectivity index (χ2v) is 7.31. The molecule has 3 rings (SSSR count). The molecule has 0 fully saturated rings. The van der Waals surface area contributed by atoms with E-state index in [4.69, 9.17) is 9.47 Å². The summed E-state index contributed by atoms with van der Waals surface area (Å²) in [4.78, 5) is 28.8. The van der Waals surface area contributed by atoms with Crippen LogP contribution in [0.3, 0.4) is 0 Å². The van der Waals surface area contributed by atoms with Gasteiger partial charge in [-0.05, 0) is 30.5 Å². The molecule has 0 bridgehead atoms. The van der Waals surface area contributed by atoms with Crippen LogP contribution in [0.25, 0.3) is 10.6 Å². The molecule has 1 N–H and O–H groups in total. The standard InChI is InChI=1S/C19H18N2O4S2/c1-13-17(27-18(21-13)14-7-10-26-12-14)19(23)25-11-16(22)20-8-9-24-15-5-3-2-4-6-15/h2-7,10,12H,8-9,11H2,1H3,(H,20,22). The van der Waals surface area contributed by atoms with Crippen molar-refractivity contribution in [1.82, 2.24) is 10.3 Å². The van der Waals surface area contributed by atoms with Gasteiger partial charge >= 0.3 is 5.97 Å². The zero-order chi connectivity index (χ0) is 19.1. The third kappa shape index (κ3) is 5.38. The minimum atomic E-state index is -0.540. The van der Waals surface area contributed by atoms with Crippen LogP contribution >= 0.6 is 22.7 Å². The van der Waals surface area contributed by atoms with Crippen LogP contribution in [-0.4, -0.2) is 36.6 Å². The van der Waals surface area contributed by atoms with Gasteiger partial charge in [0, 0.05) is 10.9 Å². The van der Waals surface area contributed by atoms with Crippen LogP contribution in [0.15, 0.2) is 47.2 Å². The van der Waals surface area contributed by atoms with E-state index in [9.17, 15) is 9.59 Å². The van der Waals surface area contributed by atoms with E-state index in [-0.39, 0.29) is 12.5 Å². The summed E-state index contributed by atoms with van der Waals surface area (Å²) in [6.45, 7) is 2.08. The number of aryl methyl sites for hydroxylation is 1. The predicted octanol–water partition coefficient (Wildman–Crippen LogP) is 3.53. The highest BCUT2D eigenvalue weighted by Gasteiger charge is 2.18. The summed E-state index contributed by atoms with van der Waals surface area (Å²) < 4.78 is 10.6. The summed E-state index contributed by atoms with van der Waals surface area (Å²) in [7, 11) is 0. The molecule has 0 unspecified atom stereocenters. The average Bonchev–Trinajstić information content (AvgIpc) is 3.34. The van der Waals surface area contributed by atoms with Crippen molar-refractivity contribution in [2.75, 3.05) is 19.8 Å². The summed E-state index contributed by atoms with van der Waals surface area (Å²) in [5.41, 5.74) is 1.58. The maximum atomic E-state index is 12.2. The molecule has 0 saturated heterocycles. The van der Waals surface area contributed by atoms with Crippen molar-refractivity contribution in [1.29, 1.82) is 0 Å². The Bertz CT molecular complexity index is 892. The topological polar surface area (TPSA) is 77.5 Å². The lowest BCUT2D eigenvalue weighted by Crippen LogP contribution is -2.32. The Morgan fingerprint density at radius 1 is 1.19 bits per heavy atom. The summed E-state index contributed by atoms with van der Waals surface area (Å²) in [6.07, 6.45) is 0. The van der Waals surface area contributed by atoms with Crippen molar-refractivity contribution in [2.24, 2.45) is 0 Å². The quantitative estimate of drug-likeness (QED) is 0.461. The largest absolute Gasteiger partial charge is 0.492 e. The van der Waals surface area contributed by atoms with Crippen LogP contribution in [-0.2, 0) is 9.53 Å². The lowest BCUT2D eigenvalue weighted by molar-refractivity contribution is -0.124. The molecule has 2 heterocycles. The molecule has 0 spiro atoms. The molecule has 27 heavy (non-hydrogen) atoms. The van der Waals surface area contributed by atoms with Crippen LogP contribution < -0.4 is 10.1 Å². The number of thiazole rings is 1. The van der Waals surface area contributed by atoms with E-state index in [2.05, 4.69) is 10.3 Å². The molecule has 140 valence electrons. The maximum absolute atomic E-state index is 12.2. The van der Waals surface area contributed by atoms with E-state index in [1.807, 2.05) is 47.2 Å². The molecular formula is C19H18N2O4S2. The molecule has 0 saturated carbocycles. The molecule has 0 aliphatic carbocycles. The van der Waals surface area contributed by atoms with Crippen molar-refractivity contribution < 1.29 is 19.1 Å². The second kappa shape index (κ2) is 9.29. The van der Waals surface area contributed by atoms with Gasteiger partial charge < -0.3 is 14.8 Å². The lowest BCUT2D eigenvalue weighted by atomic mass is 10.3. The number of aromatic nitrogens is 1. The SMILES string of the molecule is Cc1nc(-c2ccsc2)sc1C(=O)OCC(=O)NCCOc1ccccc1. The number of nitrogens with one attached hydrogen (secondary N) is 1. The molecule has 2 aromatic heterocycles. The highest BCUT2D eigenvalue weighted by atomic mass is 32.1. The fraction of sp³-hybridized carbons (Fsp3) is 0.211. The van der Waals surface area contributed by atoms with Gasteiger partial charge in [-0.15, -0.1) is 11.3 Å². The Morgan fingerprint density at radius 2 is 2.00 bits per heavy atom. The minimum absolute atomic E-state index is 0.327. The number of benzene rings is 1. The van der Waals surface area contributed by atoms with Gasteiger partial charge in [-0.25, -0.2) is 9.78 Å². The van der Waals surface area contributed by atoms with Gasteiger partial charge in [0.05, 0.1) is 12.2 Å². The van der Waals surface area contributed by atoms with E-state index < -0.39 is 5.97 Å². The number of thiophene rings is 1.